The summed E-state index contributed by atoms with van der Waals surface area (Å²) in [5.41, 5.74) is 2.31. The Kier molecular flexibility index (Phi) is 5.86. The van der Waals surface area contributed by atoms with Crippen molar-refractivity contribution in [2.45, 2.75) is 19.3 Å². The molecule has 0 saturated carbocycles. The van der Waals surface area contributed by atoms with Crippen molar-refractivity contribution in [1.29, 1.82) is 0 Å². The second kappa shape index (κ2) is 7.41. The average molecular weight is 260 g/mol. The van der Waals surface area contributed by atoms with Crippen LogP contribution in [-0.2, 0) is 14.3 Å². The van der Waals surface area contributed by atoms with Crippen molar-refractivity contribution in [3.63, 3.8) is 0 Å². The summed E-state index contributed by atoms with van der Waals surface area (Å²) >= 11 is 0. The van der Waals surface area contributed by atoms with Crippen LogP contribution in [0.4, 0.5) is 0 Å². The Hall–Kier alpha value is -2.03. The molecule has 0 heterocycles. The third-order valence-corrected chi connectivity index (χ3v) is 2.89. The molecule has 0 N–H and O–H groups in total. The number of benzene rings is 1. The Balaban J connectivity index is 3.06. The number of ether oxygens (including phenoxy) is 2. The molecule has 0 saturated heterocycles. The number of hydrogen-bond donors (Lipinski definition) is 0. The Labute approximate surface area is 114 Å². The fourth-order valence-corrected chi connectivity index (χ4v) is 1.80. The van der Waals surface area contributed by atoms with Gasteiger partial charge in [-0.1, -0.05) is 35.9 Å². The molecule has 1 rings (SSSR count). The molecule has 3 heteroatoms. The second-order valence-electron chi connectivity index (χ2n) is 4.27. The molecule has 0 spiro atoms. The second-order valence-corrected chi connectivity index (χ2v) is 4.27. The predicted octanol–water partition coefficient (Wildman–Crippen LogP) is 3.36. The fourth-order valence-electron chi connectivity index (χ4n) is 1.80. The normalized spacial score (nSPS) is 12.7. The molecule has 0 fully saturated rings. The zero-order chi connectivity index (χ0) is 14.3. The van der Waals surface area contributed by atoms with Gasteiger partial charge in [-0.2, -0.15) is 0 Å². The lowest BCUT2D eigenvalue weighted by Crippen LogP contribution is -2.08. The van der Waals surface area contributed by atoms with Crippen LogP contribution < -0.4 is 0 Å². The molecule has 1 atom stereocenters. The SMILES string of the molecule is C=CCC(/C=C(/OC)C(=O)OC)c1ccc(C)cc1. The van der Waals surface area contributed by atoms with Crippen LogP contribution in [0.25, 0.3) is 0 Å². The minimum absolute atomic E-state index is 0.0483. The highest BCUT2D eigenvalue weighted by Gasteiger charge is 2.14. The molecule has 1 unspecified atom stereocenters. The molecule has 0 bridgehead atoms. The Morgan fingerprint density at radius 2 is 1.89 bits per heavy atom. The maximum atomic E-state index is 11.5. The van der Waals surface area contributed by atoms with E-state index in [1.165, 1.54) is 19.8 Å². The van der Waals surface area contributed by atoms with Crippen LogP contribution in [0.2, 0.25) is 0 Å². The summed E-state index contributed by atoms with van der Waals surface area (Å²) in [6, 6.07) is 8.18. The number of rotatable bonds is 6. The van der Waals surface area contributed by atoms with E-state index < -0.39 is 5.97 Å². The standard InChI is InChI=1S/C16H20O3/c1-5-6-14(11-15(18-3)16(17)19-4)13-9-7-12(2)8-10-13/h5,7-11,14H,1,6H2,2-4H3/b15-11+. The van der Waals surface area contributed by atoms with Gasteiger partial charge in [-0.05, 0) is 25.0 Å². The van der Waals surface area contributed by atoms with Crippen molar-refractivity contribution in [3.05, 3.63) is 59.9 Å². The summed E-state index contributed by atoms with van der Waals surface area (Å²) in [4.78, 5) is 11.5. The zero-order valence-corrected chi connectivity index (χ0v) is 11.7. The van der Waals surface area contributed by atoms with E-state index in [-0.39, 0.29) is 11.7 Å². The van der Waals surface area contributed by atoms with Gasteiger partial charge < -0.3 is 9.47 Å². The van der Waals surface area contributed by atoms with Crippen molar-refractivity contribution >= 4 is 5.97 Å². The fraction of sp³-hybridized carbons (Fsp3) is 0.312. The van der Waals surface area contributed by atoms with Gasteiger partial charge in [0.15, 0.2) is 0 Å². The van der Waals surface area contributed by atoms with Gasteiger partial charge in [-0.3, -0.25) is 0 Å². The average Bonchev–Trinajstić information content (AvgIpc) is 2.43. The molecular weight excluding hydrogens is 240 g/mol. The van der Waals surface area contributed by atoms with Gasteiger partial charge in [-0.15, -0.1) is 6.58 Å². The molecule has 102 valence electrons. The summed E-state index contributed by atoms with van der Waals surface area (Å²) in [6.07, 6.45) is 4.33. The van der Waals surface area contributed by atoms with Crippen molar-refractivity contribution in [1.82, 2.24) is 0 Å². The number of hydrogen-bond acceptors (Lipinski definition) is 3. The summed E-state index contributed by atoms with van der Waals surface area (Å²) in [7, 11) is 2.80. The lowest BCUT2D eigenvalue weighted by molar-refractivity contribution is -0.139. The Bertz CT molecular complexity index is 457. The molecule has 0 aliphatic carbocycles. The minimum Gasteiger partial charge on any atom is -0.490 e. The lowest BCUT2D eigenvalue weighted by atomic mass is 9.94. The third-order valence-electron chi connectivity index (χ3n) is 2.89. The first-order chi connectivity index (χ1) is 9.12. The smallest absolute Gasteiger partial charge is 0.372 e. The maximum absolute atomic E-state index is 11.5. The number of methoxy groups -OCH3 is 2. The van der Waals surface area contributed by atoms with Crippen molar-refractivity contribution in [2.24, 2.45) is 0 Å². The molecular formula is C16H20O3. The van der Waals surface area contributed by atoms with Crippen LogP contribution in [-0.4, -0.2) is 20.2 Å². The molecule has 19 heavy (non-hydrogen) atoms. The first-order valence-corrected chi connectivity index (χ1v) is 6.14. The molecule has 3 nitrogen and oxygen atoms in total. The molecule has 1 aromatic carbocycles. The molecule has 0 aliphatic rings. The summed E-state index contributed by atoms with van der Waals surface area (Å²) in [5, 5.41) is 0. The van der Waals surface area contributed by atoms with E-state index in [9.17, 15) is 4.79 Å². The Morgan fingerprint density at radius 3 is 2.37 bits per heavy atom. The van der Waals surface area contributed by atoms with Gasteiger partial charge in [-0.25, -0.2) is 4.79 Å². The molecule has 0 radical (unpaired) electrons. The van der Waals surface area contributed by atoms with Crippen LogP contribution in [0.5, 0.6) is 0 Å². The van der Waals surface area contributed by atoms with E-state index in [1.54, 1.807) is 6.08 Å². The molecule has 0 amide bonds. The van der Waals surface area contributed by atoms with E-state index in [1.807, 2.05) is 37.3 Å². The van der Waals surface area contributed by atoms with Crippen LogP contribution in [0.1, 0.15) is 23.5 Å². The van der Waals surface area contributed by atoms with Gasteiger partial charge in [0.05, 0.1) is 14.2 Å². The topological polar surface area (TPSA) is 35.5 Å². The number of allylic oxidation sites excluding steroid dienone is 2. The summed E-state index contributed by atoms with van der Waals surface area (Å²) in [5.74, 6) is -0.203. The summed E-state index contributed by atoms with van der Waals surface area (Å²) < 4.78 is 9.76. The monoisotopic (exact) mass is 260 g/mol. The highest BCUT2D eigenvalue weighted by Crippen LogP contribution is 2.24. The lowest BCUT2D eigenvalue weighted by Gasteiger charge is -2.13. The van der Waals surface area contributed by atoms with E-state index in [0.717, 1.165) is 12.0 Å². The van der Waals surface area contributed by atoms with E-state index in [0.29, 0.717) is 0 Å². The number of esters is 1. The number of carbonyl (C=O) groups excluding carboxylic acids is 1. The van der Waals surface area contributed by atoms with Crippen molar-refractivity contribution in [2.75, 3.05) is 14.2 Å². The zero-order valence-electron chi connectivity index (χ0n) is 11.7. The largest absolute Gasteiger partial charge is 0.490 e. The predicted molar refractivity (Wildman–Crippen MR) is 75.8 cm³/mol. The van der Waals surface area contributed by atoms with Crippen LogP contribution >= 0.6 is 0 Å². The van der Waals surface area contributed by atoms with Crippen LogP contribution in [0.3, 0.4) is 0 Å². The van der Waals surface area contributed by atoms with Gasteiger partial charge >= 0.3 is 5.97 Å². The van der Waals surface area contributed by atoms with E-state index >= 15 is 0 Å². The van der Waals surface area contributed by atoms with Gasteiger partial charge in [0.1, 0.15) is 0 Å². The first kappa shape index (κ1) is 15.0. The maximum Gasteiger partial charge on any atom is 0.372 e. The van der Waals surface area contributed by atoms with E-state index in [2.05, 4.69) is 11.3 Å². The van der Waals surface area contributed by atoms with Crippen molar-refractivity contribution < 1.29 is 14.3 Å². The quantitative estimate of drug-likeness (QED) is 0.340. The number of carbonyl (C=O) groups is 1. The highest BCUT2D eigenvalue weighted by molar-refractivity contribution is 5.86. The highest BCUT2D eigenvalue weighted by atomic mass is 16.6. The van der Waals surface area contributed by atoms with Crippen molar-refractivity contribution in [3.8, 4) is 0 Å². The van der Waals surface area contributed by atoms with E-state index in [4.69, 9.17) is 4.74 Å². The van der Waals surface area contributed by atoms with Crippen LogP contribution in [0, 0.1) is 6.92 Å². The third kappa shape index (κ3) is 4.28. The van der Waals surface area contributed by atoms with Gasteiger partial charge in [0.25, 0.3) is 0 Å². The molecule has 1 aromatic rings. The first-order valence-electron chi connectivity index (χ1n) is 6.14. The van der Waals surface area contributed by atoms with Gasteiger partial charge in [0, 0.05) is 5.92 Å². The minimum atomic E-state index is -0.469. The van der Waals surface area contributed by atoms with Crippen LogP contribution in [0.15, 0.2) is 48.8 Å². The molecule has 0 aliphatic heterocycles. The Morgan fingerprint density at radius 1 is 1.26 bits per heavy atom. The summed E-state index contributed by atoms with van der Waals surface area (Å²) in [6.45, 7) is 5.79. The number of aryl methyl sites for hydroxylation is 1. The van der Waals surface area contributed by atoms with Gasteiger partial charge in [0.2, 0.25) is 5.76 Å². The molecule has 0 aromatic heterocycles.